The lowest BCUT2D eigenvalue weighted by molar-refractivity contribution is 0.0181. The zero-order valence-corrected chi connectivity index (χ0v) is 10.6. The molecule has 1 aromatic heterocycles. The first kappa shape index (κ1) is 12.1. The van der Waals surface area contributed by atoms with Gasteiger partial charge in [0.05, 0.1) is 24.2 Å². The number of fused-ring (bicyclic) bond motifs is 1. The molecule has 2 rings (SSSR count). The highest BCUT2D eigenvalue weighted by Crippen LogP contribution is 2.13. The van der Waals surface area contributed by atoms with Crippen molar-refractivity contribution in [3.63, 3.8) is 0 Å². The molecule has 0 unspecified atom stereocenters. The Morgan fingerprint density at radius 2 is 2.12 bits per heavy atom. The first-order valence-electron chi connectivity index (χ1n) is 5.93. The highest BCUT2D eigenvalue weighted by molar-refractivity contribution is 5.75. The number of benzene rings is 1. The SMILES string of the molecule is CC(C)CONCc1nc2ccccc2n1C. The quantitative estimate of drug-likeness (QED) is 0.636. The fourth-order valence-corrected chi connectivity index (χ4v) is 1.69. The van der Waals surface area contributed by atoms with Crippen molar-refractivity contribution in [1.82, 2.24) is 15.0 Å². The third-order valence-electron chi connectivity index (χ3n) is 2.63. The average molecular weight is 233 g/mol. The van der Waals surface area contributed by atoms with Crippen LogP contribution in [0.1, 0.15) is 19.7 Å². The molecule has 4 nitrogen and oxygen atoms in total. The van der Waals surface area contributed by atoms with E-state index in [4.69, 9.17) is 4.84 Å². The molecule has 0 spiro atoms. The van der Waals surface area contributed by atoms with Crippen LogP contribution in [0.15, 0.2) is 24.3 Å². The van der Waals surface area contributed by atoms with Gasteiger partial charge in [-0.1, -0.05) is 26.0 Å². The van der Waals surface area contributed by atoms with Gasteiger partial charge >= 0.3 is 0 Å². The molecule has 0 radical (unpaired) electrons. The largest absolute Gasteiger partial charge is 0.330 e. The van der Waals surface area contributed by atoms with Crippen LogP contribution in [-0.4, -0.2) is 16.2 Å². The summed E-state index contributed by atoms with van der Waals surface area (Å²) in [5.74, 6) is 1.51. The van der Waals surface area contributed by atoms with E-state index in [1.54, 1.807) is 0 Å². The van der Waals surface area contributed by atoms with Crippen LogP contribution >= 0.6 is 0 Å². The molecule has 0 saturated carbocycles. The molecule has 0 aliphatic heterocycles. The Bertz CT molecular complexity index is 490. The predicted molar refractivity (Wildman–Crippen MR) is 68.3 cm³/mol. The summed E-state index contributed by atoms with van der Waals surface area (Å²) in [7, 11) is 2.02. The van der Waals surface area contributed by atoms with Crippen molar-refractivity contribution < 1.29 is 4.84 Å². The Morgan fingerprint density at radius 1 is 1.35 bits per heavy atom. The number of para-hydroxylation sites is 2. The van der Waals surface area contributed by atoms with Crippen molar-refractivity contribution in [3.8, 4) is 0 Å². The van der Waals surface area contributed by atoms with Crippen molar-refractivity contribution >= 4 is 11.0 Å². The monoisotopic (exact) mass is 233 g/mol. The zero-order chi connectivity index (χ0) is 12.3. The number of hydrogen-bond donors (Lipinski definition) is 1. The first-order chi connectivity index (χ1) is 8.18. The molecule has 0 amide bonds. The molecule has 17 heavy (non-hydrogen) atoms. The summed E-state index contributed by atoms with van der Waals surface area (Å²) in [6.07, 6.45) is 0. The number of hydroxylamine groups is 1. The summed E-state index contributed by atoms with van der Waals surface area (Å²) in [6, 6.07) is 8.12. The number of imidazole rings is 1. The van der Waals surface area contributed by atoms with E-state index in [0.29, 0.717) is 19.1 Å². The van der Waals surface area contributed by atoms with Gasteiger partial charge in [-0.2, -0.15) is 5.48 Å². The topological polar surface area (TPSA) is 39.1 Å². The van der Waals surface area contributed by atoms with E-state index in [1.807, 2.05) is 25.2 Å². The lowest BCUT2D eigenvalue weighted by atomic mass is 10.2. The molecular weight excluding hydrogens is 214 g/mol. The number of rotatable bonds is 5. The Balaban J connectivity index is 2.01. The van der Waals surface area contributed by atoms with Gasteiger partial charge in [0.25, 0.3) is 0 Å². The minimum atomic E-state index is 0.531. The van der Waals surface area contributed by atoms with Crippen LogP contribution in [0.3, 0.4) is 0 Å². The van der Waals surface area contributed by atoms with E-state index in [0.717, 1.165) is 16.9 Å². The summed E-state index contributed by atoms with van der Waals surface area (Å²) in [4.78, 5) is 9.90. The van der Waals surface area contributed by atoms with E-state index in [9.17, 15) is 0 Å². The van der Waals surface area contributed by atoms with E-state index < -0.39 is 0 Å². The number of aryl methyl sites for hydroxylation is 1. The van der Waals surface area contributed by atoms with Gasteiger partial charge < -0.3 is 9.40 Å². The maximum absolute atomic E-state index is 5.35. The van der Waals surface area contributed by atoms with Crippen LogP contribution in [0.25, 0.3) is 11.0 Å². The number of aromatic nitrogens is 2. The van der Waals surface area contributed by atoms with Gasteiger partial charge in [-0.25, -0.2) is 4.98 Å². The van der Waals surface area contributed by atoms with Crippen LogP contribution in [0.4, 0.5) is 0 Å². The maximum atomic E-state index is 5.35. The number of nitrogens with zero attached hydrogens (tertiary/aromatic N) is 2. The fraction of sp³-hybridized carbons (Fsp3) is 0.462. The van der Waals surface area contributed by atoms with Gasteiger partial charge in [-0.15, -0.1) is 0 Å². The van der Waals surface area contributed by atoms with Gasteiger partial charge in [0.1, 0.15) is 5.82 Å². The van der Waals surface area contributed by atoms with Crippen molar-refractivity contribution in [1.29, 1.82) is 0 Å². The van der Waals surface area contributed by atoms with Gasteiger partial charge in [-0.3, -0.25) is 0 Å². The lowest BCUT2D eigenvalue weighted by Crippen LogP contribution is -2.19. The molecule has 0 bridgehead atoms. The molecule has 0 atom stereocenters. The van der Waals surface area contributed by atoms with Crippen LogP contribution in [-0.2, 0) is 18.4 Å². The fourth-order valence-electron chi connectivity index (χ4n) is 1.69. The van der Waals surface area contributed by atoms with Crippen molar-refractivity contribution in [3.05, 3.63) is 30.1 Å². The molecule has 0 aliphatic carbocycles. The first-order valence-corrected chi connectivity index (χ1v) is 5.93. The van der Waals surface area contributed by atoms with Crippen molar-refractivity contribution in [2.75, 3.05) is 6.61 Å². The minimum Gasteiger partial charge on any atom is -0.330 e. The molecule has 2 aromatic rings. The standard InChI is InChI=1S/C13H19N3O/c1-10(2)9-17-14-8-13-15-11-6-4-5-7-12(11)16(13)3/h4-7,10,14H,8-9H2,1-3H3. The van der Waals surface area contributed by atoms with Crippen molar-refractivity contribution in [2.45, 2.75) is 20.4 Å². The Kier molecular flexibility index (Phi) is 3.76. The van der Waals surface area contributed by atoms with Crippen LogP contribution in [0.2, 0.25) is 0 Å². The molecule has 0 aliphatic rings. The average Bonchev–Trinajstić information content (AvgIpc) is 2.63. The second-order valence-corrected chi connectivity index (χ2v) is 4.60. The van der Waals surface area contributed by atoms with Gasteiger partial charge in [0.15, 0.2) is 0 Å². The van der Waals surface area contributed by atoms with Crippen molar-refractivity contribution in [2.24, 2.45) is 13.0 Å². The molecule has 0 fully saturated rings. The summed E-state index contributed by atoms with van der Waals surface area (Å²) in [5, 5.41) is 0. The highest BCUT2D eigenvalue weighted by Gasteiger charge is 2.06. The summed E-state index contributed by atoms with van der Waals surface area (Å²) in [6.45, 7) is 5.58. The van der Waals surface area contributed by atoms with Crippen LogP contribution in [0, 0.1) is 5.92 Å². The Hall–Kier alpha value is -1.39. The second kappa shape index (κ2) is 5.29. The summed E-state index contributed by atoms with van der Waals surface area (Å²) in [5.41, 5.74) is 5.12. The maximum Gasteiger partial charge on any atom is 0.126 e. The molecule has 4 heteroatoms. The second-order valence-electron chi connectivity index (χ2n) is 4.60. The summed E-state index contributed by atoms with van der Waals surface area (Å²) < 4.78 is 2.08. The normalized spacial score (nSPS) is 11.5. The van der Waals surface area contributed by atoms with E-state index in [1.165, 1.54) is 0 Å². The third-order valence-corrected chi connectivity index (χ3v) is 2.63. The smallest absolute Gasteiger partial charge is 0.126 e. The van der Waals surface area contributed by atoms with E-state index in [2.05, 4.69) is 34.9 Å². The van der Waals surface area contributed by atoms with Gasteiger partial charge in [0, 0.05) is 7.05 Å². The molecule has 1 heterocycles. The molecular formula is C13H19N3O. The van der Waals surface area contributed by atoms with Crippen LogP contribution < -0.4 is 5.48 Å². The molecule has 92 valence electrons. The summed E-state index contributed by atoms with van der Waals surface area (Å²) >= 11 is 0. The number of nitrogens with one attached hydrogen (secondary N) is 1. The predicted octanol–water partition coefficient (Wildman–Crippen LogP) is 2.25. The van der Waals surface area contributed by atoms with E-state index >= 15 is 0 Å². The molecule has 0 saturated heterocycles. The molecule has 1 aromatic carbocycles. The molecule has 1 N–H and O–H groups in total. The minimum absolute atomic E-state index is 0.531. The number of hydrogen-bond acceptors (Lipinski definition) is 3. The highest BCUT2D eigenvalue weighted by atomic mass is 16.6. The van der Waals surface area contributed by atoms with Gasteiger partial charge in [-0.05, 0) is 18.1 Å². The Morgan fingerprint density at radius 3 is 2.82 bits per heavy atom. The van der Waals surface area contributed by atoms with Gasteiger partial charge in [0.2, 0.25) is 0 Å². The van der Waals surface area contributed by atoms with E-state index in [-0.39, 0.29) is 0 Å². The van der Waals surface area contributed by atoms with Crippen LogP contribution in [0.5, 0.6) is 0 Å². The lowest BCUT2D eigenvalue weighted by Gasteiger charge is -2.07. The third kappa shape index (κ3) is 2.84. The Labute approximate surface area is 102 Å². The zero-order valence-electron chi connectivity index (χ0n) is 10.6.